The molecule has 1 spiro atoms. The molecule has 1 aliphatic heterocycles. The van der Waals surface area contributed by atoms with Gasteiger partial charge in [0.2, 0.25) is 5.91 Å². The summed E-state index contributed by atoms with van der Waals surface area (Å²) in [6, 6.07) is 13.2. The van der Waals surface area contributed by atoms with Crippen LogP contribution in [0.1, 0.15) is 19.3 Å². The van der Waals surface area contributed by atoms with Crippen molar-refractivity contribution in [1.29, 1.82) is 0 Å². The Morgan fingerprint density at radius 3 is 2.69 bits per heavy atom. The molecular weight excluding hydrogens is 355 g/mol. The summed E-state index contributed by atoms with van der Waals surface area (Å²) in [5, 5.41) is 6.35. The van der Waals surface area contributed by atoms with E-state index in [1.165, 1.54) is 12.1 Å². The summed E-state index contributed by atoms with van der Waals surface area (Å²) < 4.78 is 19.1. The molecule has 2 N–H and O–H groups in total. The van der Waals surface area contributed by atoms with Crippen molar-refractivity contribution in [3.63, 3.8) is 0 Å². The van der Waals surface area contributed by atoms with Crippen LogP contribution in [0.3, 0.4) is 0 Å². The van der Waals surface area contributed by atoms with Crippen molar-refractivity contribution in [1.82, 2.24) is 5.32 Å². The lowest BCUT2D eigenvalue weighted by Gasteiger charge is -2.23. The SMILES string of the molecule is Cl.O=C(Nc1ccccc1Oc1cccc(F)c1)C1CC12CCNCC2. The minimum atomic E-state index is -0.357. The van der Waals surface area contributed by atoms with Crippen molar-refractivity contribution in [3.8, 4) is 11.5 Å². The van der Waals surface area contributed by atoms with Gasteiger partial charge in [0.15, 0.2) is 5.75 Å². The Morgan fingerprint density at radius 2 is 1.92 bits per heavy atom. The predicted molar refractivity (Wildman–Crippen MR) is 101 cm³/mol. The summed E-state index contributed by atoms with van der Waals surface area (Å²) in [7, 11) is 0. The fraction of sp³-hybridized carbons (Fsp3) is 0.350. The van der Waals surface area contributed by atoms with Crippen molar-refractivity contribution in [2.75, 3.05) is 18.4 Å². The van der Waals surface area contributed by atoms with Crippen LogP contribution >= 0.6 is 12.4 Å². The Hall–Kier alpha value is -2.11. The first-order chi connectivity index (χ1) is 12.2. The zero-order valence-electron chi connectivity index (χ0n) is 14.3. The quantitative estimate of drug-likeness (QED) is 0.833. The molecule has 1 unspecified atom stereocenters. The highest BCUT2D eigenvalue weighted by molar-refractivity contribution is 5.96. The number of carbonyl (C=O) groups is 1. The number of halogens is 2. The van der Waals surface area contributed by atoms with Crippen molar-refractivity contribution in [2.24, 2.45) is 11.3 Å². The molecule has 4 nitrogen and oxygen atoms in total. The second kappa shape index (κ2) is 7.64. The van der Waals surface area contributed by atoms with E-state index in [1.807, 2.05) is 18.2 Å². The average Bonchev–Trinajstić information content (AvgIpc) is 3.30. The third-order valence-corrected chi connectivity index (χ3v) is 5.27. The van der Waals surface area contributed by atoms with Crippen molar-refractivity contribution >= 4 is 24.0 Å². The van der Waals surface area contributed by atoms with Gasteiger partial charge in [0.25, 0.3) is 0 Å². The normalized spacial score (nSPS) is 20.1. The van der Waals surface area contributed by atoms with E-state index in [0.29, 0.717) is 17.2 Å². The summed E-state index contributed by atoms with van der Waals surface area (Å²) in [4.78, 5) is 12.7. The lowest BCUT2D eigenvalue weighted by Crippen LogP contribution is -2.31. The van der Waals surface area contributed by atoms with Gasteiger partial charge in [0, 0.05) is 12.0 Å². The van der Waals surface area contributed by atoms with E-state index in [0.717, 1.165) is 32.4 Å². The lowest BCUT2D eigenvalue weighted by atomic mass is 9.92. The maximum Gasteiger partial charge on any atom is 0.228 e. The van der Waals surface area contributed by atoms with Crippen LogP contribution < -0.4 is 15.4 Å². The molecule has 6 heteroatoms. The van der Waals surface area contributed by atoms with E-state index >= 15 is 0 Å². The first-order valence-electron chi connectivity index (χ1n) is 8.70. The van der Waals surface area contributed by atoms with Gasteiger partial charge in [0.05, 0.1) is 5.69 Å². The van der Waals surface area contributed by atoms with Gasteiger partial charge in [-0.1, -0.05) is 18.2 Å². The molecule has 4 rings (SSSR count). The lowest BCUT2D eigenvalue weighted by molar-refractivity contribution is -0.118. The number of para-hydroxylation sites is 2. The smallest absolute Gasteiger partial charge is 0.228 e. The monoisotopic (exact) mass is 376 g/mol. The van der Waals surface area contributed by atoms with Crippen LogP contribution in [0.5, 0.6) is 11.5 Å². The fourth-order valence-electron chi connectivity index (χ4n) is 3.73. The van der Waals surface area contributed by atoms with Crippen LogP contribution in [0.4, 0.5) is 10.1 Å². The highest BCUT2D eigenvalue weighted by atomic mass is 35.5. The predicted octanol–water partition coefficient (Wildman–Crippen LogP) is 4.37. The Labute approximate surface area is 158 Å². The van der Waals surface area contributed by atoms with E-state index in [4.69, 9.17) is 4.74 Å². The van der Waals surface area contributed by atoms with Gasteiger partial charge in [-0.3, -0.25) is 4.79 Å². The standard InChI is InChI=1S/C20H21FN2O2.ClH/c21-14-4-3-5-15(12-14)25-18-7-2-1-6-17(18)23-19(24)16-13-20(16)8-10-22-11-9-20;/h1-7,12,16,22H,8-11,13H2,(H,23,24);1H. The average molecular weight is 377 g/mol. The zero-order chi connectivity index (χ0) is 17.3. The topological polar surface area (TPSA) is 50.4 Å². The Bertz CT molecular complexity index is 793. The maximum absolute atomic E-state index is 13.3. The first kappa shape index (κ1) is 18.7. The molecule has 1 saturated heterocycles. The van der Waals surface area contributed by atoms with Gasteiger partial charge >= 0.3 is 0 Å². The number of amides is 1. The number of carbonyl (C=O) groups excluding carboxylic acids is 1. The van der Waals surface area contributed by atoms with Gasteiger partial charge in [-0.2, -0.15) is 0 Å². The summed E-state index contributed by atoms with van der Waals surface area (Å²) >= 11 is 0. The van der Waals surface area contributed by atoms with Crippen molar-refractivity contribution < 1.29 is 13.9 Å². The van der Waals surface area contributed by atoms with E-state index in [-0.39, 0.29) is 35.5 Å². The fourth-order valence-corrected chi connectivity index (χ4v) is 3.73. The third kappa shape index (κ3) is 3.84. The van der Waals surface area contributed by atoms with Crippen LogP contribution in [0.25, 0.3) is 0 Å². The first-order valence-corrected chi connectivity index (χ1v) is 8.70. The molecule has 0 bridgehead atoms. The number of benzene rings is 2. The van der Waals surface area contributed by atoms with E-state index in [2.05, 4.69) is 10.6 Å². The van der Waals surface area contributed by atoms with E-state index < -0.39 is 0 Å². The third-order valence-electron chi connectivity index (χ3n) is 5.27. The number of ether oxygens (including phenoxy) is 1. The summed E-state index contributed by atoms with van der Waals surface area (Å²) in [5.74, 6) is 0.697. The Balaban J connectivity index is 0.00000196. The van der Waals surface area contributed by atoms with Gasteiger partial charge < -0.3 is 15.4 Å². The van der Waals surface area contributed by atoms with Crippen LogP contribution in [-0.4, -0.2) is 19.0 Å². The summed E-state index contributed by atoms with van der Waals surface area (Å²) in [6.07, 6.45) is 3.09. The van der Waals surface area contributed by atoms with Gasteiger partial charge in [-0.15, -0.1) is 12.4 Å². The number of rotatable bonds is 4. The molecule has 1 heterocycles. The summed E-state index contributed by atoms with van der Waals surface area (Å²) in [6.45, 7) is 1.98. The van der Waals surface area contributed by atoms with Crippen LogP contribution in [-0.2, 0) is 4.79 Å². The van der Waals surface area contributed by atoms with Crippen molar-refractivity contribution in [3.05, 3.63) is 54.3 Å². The molecule has 1 aliphatic carbocycles. The Morgan fingerprint density at radius 1 is 1.15 bits per heavy atom. The largest absolute Gasteiger partial charge is 0.455 e. The second-order valence-electron chi connectivity index (χ2n) is 6.91. The second-order valence-corrected chi connectivity index (χ2v) is 6.91. The Kier molecular flexibility index (Phi) is 5.49. The van der Waals surface area contributed by atoms with Gasteiger partial charge in [-0.25, -0.2) is 4.39 Å². The van der Waals surface area contributed by atoms with Crippen LogP contribution in [0.2, 0.25) is 0 Å². The minimum Gasteiger partial charge on any atom is -0.455 e. The van der Waals surface area contributed by atoms with E-state index in [9.17, 15) is 9.18 Å². The number of hydrogen-bond donors (Lipinski definition) is 2. The number of anilines is 1. The van der Waals surface area contributed by atoms with Crippen molar-refractivity contribution in [2.45, 2.75) is 19.3 Å². The van der Waals surface area contributed by atoms with Gasteiger partial charge in [0.1, 0.15) is 11.6 Å². The molecule has 2 fully saturated rings. The molecule has 0 radical (unpaired) electrons. The zero-order valence-corrected chi connectivity index (χ0v) is 15.2. The number of piperidine rings is 1. The molecule has 1 atom stereocenters. The molecular formula is C20H22ClFN2O2. The molecule has 0 aromatic heterocycles. The number of nitrogens with one attached hydrogen (secondary N) is 2. The molecule has 138 valence electrons. The minimum absolute atomic E-state index is 0. The molecule has 2 aromatic carbocycles. The molecule has 2 aromatic rings. The molecule has 26 heavy (non-hydrogen) atoms. The molecule has 1 amide bonds. The highest BCUT2D eigenvalue weighted by Gasteiger charge is 2.57. The van der Waals surface area contributed by atoms with Gasteiger partial charge in [-0.05, 0) is 62.0 Å². The highest BCUT2D eigenvalue weighted by Crippen LogP contribution is 2.58. The van der Waals surface area contributed by atoms with Crippen LogP contribution in [0.15, 0.2) is 48.5 Å². The molecule has 2 aliphatic rings. The van der Waals surface area contributed by atoms with E-state index in [1.54, 1.807) is 18.2 Å². The maximum atomic E-state index is 13.3. The van der Waals surface area contributed by atoms with Crippen LogP contribution in [0, 0.1) is 17.2 Å². The molecule has 1 saturated carbocycles. The summed E-state index contributed by atoms with van der Waals surface area (Å²) in [5.41, 5.74) is 0.806. The number of hydrogen-bond acceptors (Lipinski definition) is 3.